The van der Waals surface area contributed by atoms with Gasteiger partial charge in [0.2, 0.25) is 0 Å². The number of ether oxygens (including phenoxy) is 1. The lowest BCUT2D eigenvalue weighted by molar-refractivity contribution is -0.156. The third kappa shape index (κ3) is 3.12. The number of carboxylic acids is 1. The summed E-state index contributed by atoms with van der Waals surface area (Å²) in [6.07, 6.45) is 1.50. The molecular weight excluding hydrogens is 254 g/mol. The average Bonchev–Trinajstić information content (AvgIpc) is 2.47. The van der Waals surface area contributed by atoms with Gasteiger partial charge in [-0.05, 0) is 38.8 Å². The van der Waals surface area contributed by atoms with Crippen LogP contribution in [0.2, 0.25) is 0 Å². The molecule has 0 amide bonds. The Morgan fingerprint density at radius 1 is 1.40 bits per heavy atom. The van der Waals surface area contributed by atoms with Gasteiger partial charge in [0.15, 0.2) is 0 Å². The van der Waals surface area contributed by atoms with Crippen LogP contribution in [0, 0.1) is 12.3 Å². The fourth-order valence-corrected chi connectivity index (χ4v) is 2.72. The number of rotatable bonds is 5. The summed E-state index contributed by atoms with van der Waals surface area (Å²) in [5, 5.41) is 9.62. The summed E-state index contributed by atoms with van der Waals surface area (Å²) in [6, 6.07) is 8.22. The Bertz CT molecular complexity index is 449. The van der Waals surface area contributed by atoms with Gasteiger partial charge in [0.1, 0.15) is 5.41 Å². The molecule has 0 aromatic heterocycles. The van der Waals surface area contributed by atoms with Gasteiger partial charge in [0.05, 0.1) is 6.61 Å². The number of nitrogens with zero attached hydrogens (tertiary/aromatic N) is 1. The zero-order valence-electron chi connectivity index (χ0n) is 12.3. The molecule has 4 nitrogen and oxygen atoms in total. The first-order valence-electron chi connectivity index (χ1n) is 7.20. The summed E-state index contributed by atoms with van der Waals surface area (Å²) < 4.78 is 5.44. The van der Waals surface area contributed by atoms with Crippen molar-refractivity contribution in [2.24, 2.45) is 5.41 Å². The molecule has 2 rings (SSSR count). The summed E-state index contributed by atoms with van der Waals surface area (Å²) in [5.41, 5.74) is 1.50. The number of carbonyl (C=O) groups is 1. The molecule has 20 heavy (non-hydrogen) atoms. The van der Waals surface area contributed by atoms with Gasteiger partial charge in [-0.1, -0.05) is 17.7 Å². The highest BCUT2D eigenvalue weighted by atomic mass is 16.5. The van der Waals surface area contributed by atoms with E-state index >= 15 is 0 Å². The van der Waals surface area contributed by atoms with Crippen molar-refractivity contribution in [1.82, 2.24) is 0 Å². The van der Waals surface area contributed by atoms with Gasteiger partial charge < -0.3 is 14.7 Å². The number of hydrogen-bond donors (Lipinski definition) is 1. The number of aliphatic carboxylic acids is 1. The van der Waals surface area contributed by atoms with Gasteiger partial charge in [-0.2, -0.15) is 0 Å². The van der Waals surface area contributed by atoms with Gasteiger partial charge >= 0.3 is 5.97 Å². The van der Waals surface area contributed by atoms with Crippen LogP contribution in [0.15, 0.2) is 24.3 Å². The van der Waals surface area contributed by atoms with Crippen LogP contribution in [-0.4, -0.2) is 37.4 Å². The van der Waals surface area contributed by atoms with Crippen molar-refractivity contribution in [3.63, 3.8) is 0 Å². The predicted molar refractivity (Wildman–Crippen MR) is 79.2 cm³/mol. The maximum atomic E-state index is 11.7. The van der Waals surface area contributed by atoms with Crippen molar-refractivity contribution < 1.29 is 14.6 Å². The quantitative estimate of drug-likeness (QED) is 0.899. The molecule has 1 heterocycles. The van der Waals surface area contributed by atoms with E-state index in [2.05, 4.69) is 36.1 Å². The lowest BCUT2D eigenvalue weighted by atomic mass is 9.82. The summed E-state index contributed by atoms with van der Waals surface area (Å²) in [6.45, 7) is 6.38. The number of benzene rings is 1. The van der Waals surface area contributed by atoms with Gasteiger partial charge in [-0.15, -0.1) is 0 Å². The Balaban J connectivity index is 2.18. The Hall–Kier alpha value is -1.55. The van der Waals surface area contributed by atoms with E-state index in [4.69, 9.17) is 4.74 Å². The second-order valence-electron chi connectivity index (χ2n) is 5.59. The molecule has 1 unspecified atom stereocenters. The average molecular weight is 277 g/mol. The maximum absolute atomic E-state index is 11.7. The van der Waals surface area contributed by atoms with E-state index in [1.165, 1.54) is 5.56 Å². The van der Waals surface area contributed by atoms with Gasteiger partial charge in [-0.3, -0.25) is 4.79 Å². The van der Waals surface area contributed by atoms with Crippen LogP contribution in [0.5, 0.6) is 0 Å². The molecule has 0 aliphatic carbocycles. The zero-order chi connectivity index (χ0) is 14.6. The molecule has 1 N–H and O–H groups in total. The highest BCUT2D eigenvalue weighted by molar-refractivity contribution is 5.76. The molecule has 1 fully saturated rings. The number of hydrogen-bond acceptors (Lipinski definition) is 3. The summed E-state index contributed by atoms with van der Waals surface area (Å²) in [4.78, 5) is 13.8. The normalized spacial score (nSPS) is 22.5. The largest absolute Gasteiger partial charge is 0.481 e. The standard InChI is InChI=1S/C16H23NO3/c1-3-17(14-7-5-13(2)6-8-14)11-16(15(18)19)9-4-10-20-12-16/h5-8H,3-4,9-12H2,1-2H3,(H,18,19). The molecule has 0 bridgehead atoms. The monoisotopic (exact) mass is 277 g/mol. The van der Waals surface area contributed by atoms with E-state index < -0.39 is 11.4 Å². The van der Waals surface area contributed by atoms with Crippen LogP contribution < -0.4 is 4.90 Å². The van der Waals surface area contributed by atoms with Crippen molar-refractivity contribution in [2.75, 3.05) is 31.2 Å². The molecule has 0 spiro atoms. The Kier molecular flexibility index (Phi) is 4.65. The molecule has 0 radical (unpaired) electrons. The van der Waals surface area contributed by atoms with Crippen LogP contribution in [0.1, 0.15) is 25.3 Å². The highest BCUT2D eigenvalue weighted by Gasteiger charge is 2.42. The number of anilines is 1. The molecule has 1 saturated heterocycles. The smallest absolute Gasteiger partial charge is 0.313 e. The van der Waals surface area contributed by atoms with E-state index in [-0.39, 0.29) is 0 Å². The number of carboxylic acid groups (broad SMARTS) is 1. The summed E-state index contributed by atoms with van der Waals surface area (Å²) >= 11 is 0. The Labute approximate surface area is 120 Å². The van der Waals surface area contributed by atoms with Gasteiger partial charge in [0.25, 0.3) is 0 Å². The van der Waals surface area contributed by atoms with Crippen molar-refractivity contribution >= 4 is 11.7 Å². The van der Waals surface area contributed by atoms with Crippen LogP contribution in [-0.2, 0) is 9.53 Å². The molecule has 110 valence electrons. The van der Waals surface area contributed by atoms with Crippen molar-refractivity contribution in [2.45, 2.75) is 26.7 Å². The van der Waals surface area contributed by atoms with E-state index in [1.807, 2.05) is 6.92 Å². The second kappa shape index (κ2) is 6.27. The zero-order valence-corrected chi connectivity index (χ0v) is 12.3. The minimum Gasteiger partial charge on any atom is -0.481 e. The van der Waals surface area contributed by atoms with Gasteiger partial charge in [0, 0.05) is 25.4 Å². The first-order valence-corrected chi connectivity index (χ1v) is 7.20. The minimum atomic E-state index is -0.779. The lowest BCUT2D eigenvalue weighted by Gasteiger charge is -2.38. The highest BCUT2D eigenvalue weighted by Crippen LogP contribution is 2.31. The SMILES string of the molecule is CCN(CC1(C(=O)O)CCCOC1)c1ccc(C)cc1. The van der Waals surface area contributed by atoms with Gasteiger partial charge in [-0.25, -0.2) is 0 Å². The van der Waals surface area contributed by atoms with Crippen LogP contribution in [0.3, 0.4) is 0 Å². The topological polar surface area (TPSA) is 49.8 Å². The molecule has 1 atom stereocenters. The number of aryl methyl sites for hydroxylation is 1. The molecule has 4 heteroatoms. The third-order valence-corrected chi connectivity index (χ3v) is 4.05. The molecule has 1 aliphatic rings. The molecule has 1 aliphatic heterocycles. The van der Waals surface area contributed by atoms with Crippen LogP contribution in [0.25, 0.3) is 0 Å². The van der Waals surface area contributed by atoms with Crippen molar-refractivity contribution in [3.8, 4) is 0 Å². The van der Waals surface area contributed by atoms with Crippen molar-refractivity contribution in [3.05, 3.63) is 29.8 Å². The summed E-state index contributed by atoms with van der Waals surface area (Å²) in [5.74, 6) is -0.747. The first-order chi connectivity index (χ1) is 9.57. The fourth-order valence-electron chi connectivity index (χ4n) is 2.72. The molecular formula is C16H23NO3. The second-order valence-corrected chi connectivity index (χ2v) is 5.59. The van der Waals surface area contributed by atoms with E-state index in [9.17, 15) is 9.90 Å². The molecule has 1 aromatic rings. The molecule has 0 saturated carbocycles. The lowest BCUT2D eigenvalue weighted by Crippen LogP contribution is -2.48. The van der Waals surface area contributed by atoms with E-state index in [1.54, 1.807) is 0 Å². The van der Waals surface area contributed by atoms with Crippen LogP contribution >= 0.6 is 0 Å². The Morgan fingerprint density at radius 2 is 2.10 bits per heavy atom. The van der Waals surface area contributed by atoms with Crippen molar-refractivity contribution in [1.29, 1.82) is 0 Å². The predicted octanol–water partition coefficient (Wildman–Crippen LogP) is 2.70. The minimum absolute atomic E-state index is 0.310. The Morgan fingerprint density at radius 3 is 2.60 bits per heavy atom. The first kappa shape index (κ1) is 14.9. The fraction of sp³-hybridized carbons (Fsp3) is 0.562. The third-order valence-electron chi connectivity index (χ3n) is 4.05. The van der Waals surface area contributed by atoms with E-state index in [0.29, 0.717) is 26.2 Å². The molecule has 1 aromatic carbocycles. The summed E-state index contributed by atoms with van der Waals surface area (Å²) in [7, 11) is 0. The van der Waals surface area contributed by atoms with Crippen LogP contribution in [0.4, 0.5) is 5.69 Å². The maximum Gasteiger partial charge on any atom is 0.313 e. The van der Waals surface area contributed by atoms with E-state index in [0.717, 1.165) is 18.7 Å².